The third kappa shape index (κ3) is 35.4. The molecule has 10 aromatic carbocycles. The largest absolute Gasteiger partial charge is 1.00 e. The molecule has 35 heteroatoms. The fraction of sp³-hybridized carbons (Fsp3) is 0.227. The number of aromatic amines is 1. The molecule has 0 amide bonds. The number of hydrogen-bond donors (Lipinski definition) is 7. The van der Waals surface area contributed by atoms with E-state index in [1.807, 2.05) is 159 Å². The summed E-state index contributed by atoms with van der Waals surface area (Å²) in [5.41, 5.74) is 27.9. The van der Waals surface area contributed by atoms with Gasteiger partial charge in [0, 0.05) is 148 Å². The van der Waals surface area contributed by atoms with E-state index in [9.17, 15) is 29.1 Å². The van der Waals surface area contributed by atoms with Gasteiger partial charge in [-0.2, -0.15) is 0 Å². The molecule has 0 saturated heterocycles. The number of benzene rings is 10. The number of esters is 5. The second-order valence-corrected chi connectivity index (χ2v) is 31.3. The summed E-state index contributed by atoms with van der Waals surface area (Å²) in [6.45, 7) is 8.32. The molecule has 15 aromatic rings. The number of aromatic hydroxyl groups is 1. The fourth-order valence-corrected chi connectivity index (χ4v) is 16.2. The van der Waals surface area contributed by atoms with Gasteiger partial charge in [-0.15, -0.1) is 12.4 Å². The number of nitrogens with one attached hydrogen (secondary N) is 1. The quantitative estimate of drug-likeness (QED) is 0.0109. The molecule has 0 saturated carbocycles. The topological polar surface area (TPSA) is 348 Å². The van der Waals surface area contributed by atoms with Gasteiger partial charge >= 0.3 is 104 Å². The fourth-order valence-electron chi connectivity index (χ4n) is 13.3. The molecule has 0 spiro atoms. The normalized spacial score (nSPS) is 9.91. The summed E-state index contributed by atoms with van der Waals surface area (Å²) in [6.07, 6.45) is 10.4. The van der Waals surface area contributed by atoms with Gasteiger partial charge in [-0.25, -0.2) is 9.59 Å². The first kappa shape index (κ1) is 122. The summed E-state index contributed by atoms with van der Waals surface area (Å²) < 4.78 is 48.4. The number of ether oxygens (including phenoxy) is 7. The number of nitrogens with two attached hydrogens (primary N) is 2. The van der Waals surface area contributed by atoms with Crippen LogP contribution < -0.4 is 93.7 Å². The molecule has 10 N–H and O–H groups in total. The average Bonchev–Trinajstić information content (AvgIpc) is 1.59. The number of alkyl halides is 1. The average molecular weight is 2190 g/mol. The Morgan fingerprint density at radius 1 is 0.462 bits per heavy atom. The van der Waals surface area contributed by atoms with Crippen molar-refractivity contribution >= 4 is 204 Å². The van der Waals surface area contributed by atoms with Crippen molar-refractivity contribution in [1.29, 1.82) is 0 Å². The molecule has 24 nitrogen and oxygen atoms in total. The van der Waals surface area contributed by atoms with Crippen LogP contribution in [0.5, 0.6) is 17.2 Å². The molecular formula is C97H109B2Br4ClILi2N7NaO17. The number of phenols is 1. The van der Waals surface area contributed by atoms with Crippen molar-refractivity contribution in [2.45, 2.75) is 80.4 Å². The second kappa shape index (κ2) is 62.3. The van der Waals surface area contributed by atoms with Gasteiger partial charge in [0.1, 0.15) is 30.5 Å². The van der Waals surface area contributed by atoms with Crippen LogP contribution >= 0.6 is 98.7 Å². The number of para-hydroxylation sites is 3. The van der Waals surface area contributed by atoms with E-state index in [1.54, 1.807) is 81.4 Å². The number of aliphatic hydroxyl groups excluding tert-OH is 1. The Bertz CT molecular complexity index is 6180. The Morgan fingerprint density at radius 2 is 0.841 bits per heavy atom. The van der Waals surface area contributed by atoms with Crippen molar-refractivity contribution < 1.29 is 153 Å². The number of H-pyrrole nitrogens is 1. The minimum Gasteiger partial charge on any atom is -1.00 e. The number of nitrogens with zero attached hydrogens (tertiary/aromatic N) is 4. The molecule has 0 bridgehead atoms. The predicted molar refractivity (Wildman–Crippen MR) is 541 cm³/mol. The molecular weight excluding hydrogens is 2080 g/mol. The Morgan fingerprint density at radius 3 is 1.29 bits per heavy atom. The minimum atomic E-state index is -1.40. The van der Waals surface area contributed by atoms with Crippen LogP contribution in [0.25, 0.3) is 65.6 Å². The van der Waals surface area contributed by atoms with Gasteiger partial charge in [0.25, 0.3) is 0 Å². The third-order valence-electron chi connectivity index (χ3n) is 19.2. The zero-order valence-corrected chi connectivity index (χ0v) is 86.7. The van der Waals surface area contributed by atoms with Crippen LogP contribution in [-0.2, 0) is 118 Å². The number of halogens is 6. The summed E-state index contributed by atoms with van der Waals surface area (Å²) >= 11 is 16.1. The van der Waals surface area contributed by atoms with Crippen LogP contribution in [0.15, 0.2) is 261 Å². The van der Waals surface area contributed by atoms with E-state index < -0.39 is 7.12 Å². The Labute approximate surface area is 875 Å². The maximum atomic E-state index is 12.0. The van der Waals surface area contributed by atoms with Crippen molar-refractivity contribution in [2.75, 3.05) is 39.0 Å². The molecule has 685 valence electrons. The maximum Gasteiger partial charge on any atom is 1.00 e. The molecule has 3 radical (unpaired) electrons. The number of rotatable bonds is 22. The smallest absolute Gasteiger partial charge is 1.00 e. The van der Waals surface area contributed by atoms with Crippen LogP contribution in [0, 0.1) is 0 Å². The van der Waals surface area contributed by atoms with Crippen molar-refractivity contribution in [2.24, 2.45) is 39.7 Å². The van der Waals surface area contributed by atoms with Gasteiger partial charge in [0.2, 0.25) is 0 Å². The number of fused-ring (bicyclic) bond motifs is 5. The number of hydrogen-bond acceptors (Lipinski definition) is 19. The molecule has 132 heavy (non-hydrogen) atoms. The first-order valence-electron chi connectivity index (χ1n) is 39.5. The molecule has 0 aliphatic rings. The minimum absolute atomic E-state index is 0. The van der Waals surface area contributed by atoms with Gasteiger partial charge in [0.15, 0.2) is 0 Å². The van der Waals surface area contributed by atoms with Gasteiger partial charge in [0.05, 0.1) is 98.6 Å². The molecule has 0 aliphatic carbocycles. The number of methoxy groups -OCH3 is 2. The SMILES string of the molecule is C.CCOC(=O)Cc1ccccc1O.CCOC(=O)Cc1ccccc1OCc1cc(-c2cccc(CN)c2)c2c(ccn2C)c1.CCOC(=O)Cc1ccccc1OCc1cc(Br)c2c(ccn2C)c1.CI.COC(=O)c1cc(Br)c2[nH]ccc2c1.COC(=O)c1cc(Br)c2c(ccn2C)c1.Cl.Cn1ccc2cc(CO)cc(Br)c21.NCc1cccc(B(O)O)c1.[B].[H-].[H-].[Li+].[Li+].[Na+].[OH-]. The molecule has 0 aliphatic heterocycles. The van der Waals surface area contributed by atoms with E-state index in [-0.39, 0.29) is 165 Å². The third-order valence-corrected chi connectivity index (χ3v) is 21.6. The Balaban J connectivity index is 0. The number of phenolic OH excluding ortho intramolecular Hbond substituents is 1. The second-order valence-electron chi connectivity index (χ2n) is 27.9. The van der Waals surface area contributed by atoms with E-state index in [1.165, 1.54) is 19.7 Å². The molecule has 0 atom stereocenters. The summed E-state index contributed by atoms with van der Waals surface area (Å²) in [5.74, 6) is 0.0818. The van der Waals surface area contributed by atoms with Crippen LogP contribution in [0.2, 0.25) is 0 Å². The zero-order chi connectivity index (χ0) is 90.8. The molecule has 5 aromatic heterocycles. The summed E-state index contributed by atoms with van der Waals surface area (Å²) in [7, 11) is 9.40. The van der Waals surface area contributed by atoms with Crippen LogP contribution in [0.4, 0.5) is 0 Å². The molecule has 0 unspecified atom stereocenters. The van der Waals surface area contributed by atoms with Crippen LogP contribution in [0.3, 0.4) is 0 Å². The molecule has 0 fully saturated rings. The Kier molecular flexibility index (Phi) is 57.5. The molecule has 15 rings (SSSR count). The van der Waals surface area contributed by atoms with Gasteiger partial charge in [-0.3, -0.25) is 14.4 Å². The van der Waals surface area contributed by atoms with Crippen LogP contribution in [-0.4, -0.2) is 133 Å². The summed E-state index contributed by atoms with van der Waals surface area (Å²) in [5, 5.41) is 41.3. The standard InChI is InChI=1S/C27H28N2O3.C20H20BrNO3.C11H10BrNO2.C10H8BrNO2.C10H10BrNO.C10H12O3.C7H10BNO2.CH3I.CH4.B.ClH.2Li.Na.H2O.2H/c1-3-31-26(30)16-22-8-4-5-10-25(22)32-18-20-14-23-11-12-29(2)27(23)24(15-20)21-9-6-7-19(13-21)17-28;1-3-24-19(23)12-15-6-4-5-7-18(15)25-13-14-10-16-8-9-22(2)20(16)17(21)11-14;1-13-4-3-7-5-8(11(14)15-2)6-9(12)10(7)13;1-14-10(13)7-4-6-2-3-12-9(6)8(11)5-7;1-12-3-2-8-4-7(6-13)5-9(11)10(8)12;1-2-13-10(12)7-8-5-3-4-6-9(8)11;9-5-6-2-1-3-7(4-6)8(10)11;1-2;;;;;;;;;/h4-15H,3,16-18,28H2,1-2H3;4-11H,3,12-13H2,1-2H3;3-6H,1-2H3;2-5,12H,1H3;2-5,13H,6H2,1H3;3-6,11H,2,7H2,1H3;1-4,10-11H,5,9H2;1H3;1H4;;1H;;;;1H2;;/q;;;;;;;;;;;3*+1;;2*-1/p-1. The van der Waals surface area contributed by atoms with Crippen molar-refractivity contribution in [3.05, 3.63) is 317 Å². The van der Waals surface area contributed by atoms with Crippen LogP contribution in [0.1, 0.15) is 96.3 Å². The van der Waals surface area contributed by atoms with Gasteiger partial charge < -0.3 is 96.5 Å². The maximum absolute atomic E-state index is 12.0. The van der Waals surface area contributed by atoms with Crippen molar-refractivity contribution in [3.8, 4) is 28.4 Å². The monoisotopic (exact) mass is 2180 g/mol. The van der Waals surface area contributed by atoms with Gasteiger partial charge in [-0.05, 0) is 244 Å². The van der Waals surface area contributed by atoms with Crippen molar-refractivity contribution in [1.82, 2.24) is 23.3 Å². The first-order valence-corrected chi connectivity index (χ1v) is 44.9. The van der Waals surface area contributed by atoms with Gasteiger partial charge in [-0.1, -0.05) is 127 Å². The number of carbonyl (C=O) groups is 5. The van der Waals surface area contributed by atoms with E-state index in [2.05, 4.69) is 176 Å². The number of aromatic nitrogens is 5. The molecule has 5 heterocycles. The van der Waals surface area contributed by atoms with Crippen molar-refractivity contribution in [3.63, 3.8) is 0 Å². The number of aryl methyl sites for hydroxylation is 4. The predicted octanol–water partition coefficient (Wildman–Crippen LogP) is 10.6. The van der Waals surface area contributed by atoms with E-state index in [4.69, 9.17) is 50.3 Å². The Hall–Kier alpha value is -8.33. The number of carbonyl (C=O) groups excluding carboxylic acids is 5. The zero-order valence-electron chi connectivity index (χ0n) is 77.4. The van der Waals surface area contributed by atoms with E-state index in [0.717, 1.165) is 117 Å². The van der Waals surface area contributed by atoms with E-state index >= 15 is 0 Å². The first-order chi connectivity index (χ1) is 60.2. The van der Waals surface area contributed by atoms with E-state index in [0.29, 0.717) is 79.8 Å². The summed E-state index contributed by atoms with van der Waals surface area (Å²) in [4.78, 5) is 62.4. The number of aliphatic hydroxyl groups is 1. The summed E-state index contributed by atoms with van der Waals surface area (Å²) in [6, 6.07) is 66.8.